The van der Waals surface area contributed by atoms with E-state index >= 15 is 0 Å². The number of carbonyl (C=O) groups is 3. The van der Waals surface area contributed by atoms with Crippen molar-refractivity contribution >= 4 is 57.4 Å². The molecule has 1 atom stereocenters. The summed E-state index contributed by atoms with van der Waals surface area (Å²) in [5.74, 6) is -0.346. The first kappa shape index (κ1) is 30.2. The van der Waals surface area contributed by atoms with E-state index < -0.39 is 6.04 Å². The maximum absolute atomic E-state index is 14.1. The first-order chi connectivity index (χ1) is 21.4. The van der Waals surface area contributed by atoms with Crippen LogP contribution in [0.4, 0.5) is 5.69 Å². The quantitative estimate of drug-likeness (QED) is 0.186. The Bertz CT molecular complexity index is 1680. The summed E-state index contributed by atoms with van der Waals surface area (Å²) in [6.45, 7) is 0.606. The van der Waals surface area contributed by atoms with Crippen LogP contribution in [-0.2, 0) is 22.6 Å². The van der Waals surface area contributed by atoms with Gasteiger partial charge in [-0.15, -0.1) is 0 Å². The normalized spacial score (nSPS) is 15.1. The lowest BCUT2D eigenvalue weighted by Gasteiger charge is -2.32. The van der Waals surface area contributed by atoms with Gasteiger partial charge >= 0.3 is 0 Å². The predicted octanol–water partition coefficient (Wildman–Crippen LogP) is 7.59. The van der Waals surface area contributed by atoms with Crippen molar-refractivity contribution in [2.45, 2.75) is 63.6 Å². The van der Waals surface area contributed by atoms with Crippen molar-refractivity contribution in [2.24, 2.45) is 0 Å². The standard InChI is InChI=1S/C36H35Cl2N3O3/c37-29-19-18-25(21-30(29)38)23-41(32(22-24-9-2-1-3-10-24)35(43)39-27-13-4-5-14-27)33(42)17-8-20-40-31-16-7-12-26-11-6-15-28(34(26)31)36(40)44/h1-3,6-7,9-12,15-16,18-19,21,27,32H,4-5,8,13-14,17,20,22-23H2,(H,39,43). The molecule has 2 aliphatic rings. The maximum Gasteiger partial charge on any atom is 0.258 e. The summed E-state index contributed by atoms with van der Waals surface area (Å²) in [6.07, 6.45) is 5.09. The van der Waals surface area contributed by atoms with Crippen molar-refractivity contribution in [1.29, 1.82) is 0 Å². The highest BCUT2D eigenvalue weighted by Crippen LogP contribution is 2.37. The largest absolute Gasteiger partial charge is 0.352 e. The maximum atomic E-state index is 14.1. The van der Waals surface area contributed by atoms with Gasteiger partial charge in [0.1, 0.15) is 6.04 Å². The molecule has 6 nitrogen and oxygen atoms in total. The van der Waals surface area contributed by atoms with Gasteiger partial charge in [0.25, 0.3) is 5.91 Å². The van der Waals surface area contributed by atoms with E-state index in [1.54, 1.807) is 21.9 Å². The highest BCUT2D eigenvalue weighted by atomic mass is 35.5. The highest BCUT2D eigenvalue weighted by molar-refractivity contribution is 6.42. The second-order valence-electron chi connectivity index (χ2n) is 11.7. The third-order valence-corrected chi connectivity index (χ3v) is 9.47. The summed E-state index contributed by atoms with van der Waals surface area (Å²) in [6, 6.07) is 26.2. The first-order valence-corrected chi connectivity index (χ1v) is 16.1. The number of halogens is 2. The third kappa shape index (κ3) is 6.47. The fourth-order valence-corrected chi connectivity index (χ4v) is 6.81. The Balaban J connectivity index is 1.24. The van der Waals surface area contributed by atoms with E-state index in [4.69, 9.17) is 23.2 Å². The van der Waals surface area contributed by atoms with E-state index in [2.05, 4.69) is 5.32 Å². The van der Waals surface area contributed by atoms with E-state index in [1.807, 2.05) is 72.8 Å². The molecule has 1 heterocycles. The number of rotatable bonds is 11. The van der Waals surface area contributed by atoms with E-state index in [0.29, 0.717) is 35.0 Å². The molecular formula is C36H35Cl2N3O3. The first-order valence-electron chi connectivity index (χ1n) is 15.3. The van der Waals surface area contributed by atoms with Crippen LogP contribution in [0, 0.1) is 0 Å². The van der Waals surface area contributed by atoms with Crippen molar-refractivity contribution in [3.8, 4) is 0 Å². The molecule has 0 aromatic heterocycles. The van der Waals surface area contributed by atoms with Gasteiger partial charge in [-0.3, -0.25) is 14.4 Å². The minimum absolute atomic E-state index is 0.0465. The van der Waals surface area contributed by atoms with Gasteiger partial charge in [0.05, 0.1) is 15.7 Å². The zero-order valence-corrected chi connectivity index (χ0v) is 26.0. The minimum Gasteiger partial charge on any atom is -0.352 e. The Labute approximate surface area is 267 Å². The van der Waals surface area contributed by atoms with E-state index in [1.165, 1.54) is 0 Å². The van der Waals surface area contributed by atoms with Crippen LogP contribution in [0.5, 0.6) is 0 Å². The molecule has 6 rings (SSSR count). The summed E-state index contributed by atoms with van der Waals surface area (Å²) in [7, 11) is 0. The molecule has 8 heteroatoms. The number of hydrogen-bond donors (Lipinski definition) is 1. The number of nitrogens with one attached hydrogen (secondary N) is 1. The number of carbonyl (C=O) groups excluding carboxylic acids is 3. The molecule has 1 aliphatic carbocycles. The lowest BCUT2D eigenvalue weighted by molar-refractivity contribution is -0.141. The van der Waals surface area contributed by atoms with Crippen molar-refractivity contribution in [2.75, 3.05) is 11.4 Å². The molecule has 0 bridgehead atoms. The molecule has 1 aliphatic heterocycles. The Hall–Kier alpha value is -3.87. The zero-order chi connectivity index (χ0) is 30.6. The molecule has 1 unspecified atom stereocenters. The number of amides is 3. The van der Waals surface area contributed by atoms with Gasteiger partial charge in [0.2, 0.25) is 11.8 Å². The van der Waals surface area contributed by atoms with Crippen LogP contribution in [0.3, 0.4) is 0 Å². The third-order valence-electron chi connectivity index (χ3n) is 8.73. The minimum atomic E-state index is -0.716. The molecule has 0 spiro atoms. The summed E-state index contributed by atoms with van der Waals surface area (Å²) < 4.78 is 0. The monoisotopic (exact) mass is 627 g/mol. The predicted molar refractivity (Wildman–Crippen MR) is 176 cm³/mol. The molecule has 0 radical (unpaired) electrons. The Morgan fingerprint density at radius 3 is 2.39 bits per heavy atom. The van der Waals surface area contributed by atoms with Gasteiger partial charge in [0.15, 0.2) is 0 Å². The number of anilines is 1. The molecule has 1 saturated carbocycles. The second-order valence-corrected chi connectivity index (χ2v) is 12.5. The SMILES string of the molecule is O=C(NC1CCCC1)C(Cc1ccccc1)N(Cc1ccc(Cl)c(Cl)c1)C(=O)CCCN1C(=O)c2cccc3cccc1c23. The van der Waals surface area contributed by atoms with Gasteiger partial charge in [-0.2, -0.15) is 0 Å². The van der Waals surface area contributed by atoms with Crippen LogP contribution in [0.2, 0.25) is 10.0 Å². The van der Waals surface area contributed by atoms with Crippen LogP contribution >= 0.6 is 23.2 Å². The van der Waals surface area contributed by atoms with E-state index in [9.17, 15) is 14.4 Å². The summed E-state index contributed by atoms with van der Waals surface area (Å²) in [4.78, 5) is 44.8. The Morgan fingerprint density at radius 1 is 0.886 bits per heavy atom. The van der Waals surface area contributed by atoms with Crippen LogP contribution in [0.25, 0.3) is 10.8 Å². The molecule has 226 valence electrons. The lowest BCUT2D eigenvalue weighted by atomic mass is 10.0. The fraction of sp³-hybridized carbons (Fsp3) is 0.306. The summed E-state index contributed by atoms with van der Waals surface area (Å²) >= 11 is 12.5. The molecule has 44 heavy (non-hydrogen) atoms. The van der Waals surface area contributed by atoms with Gasteiger partial charge in [-0.05, 0) is 60.0 Å². The van der Waals surface area contributed by atoms with Gasteiger partial charge in [-0.1, -0.05) is 96.7 Å². The molecule has 4 aromatic carbocycles. The summed E-state index contributed by atoms with van der Waals surface area (Å²) in [5.41, 5.74) is 3.33. The number of benzene rings is 4. The topological polar surface area (TPSA) is 69.7 Å². The van der Waals surface area contributed by atoms with Crippen LogP contribution < -0.4 is 10.2 Å². The zero-order valence-electron chi connectivity index (χ0n) is 24.5. The van der Waals surface area contributed by atoms with Crippen LogP contribution in [-0.4, -0.2) is 41.2 Å². The molecule has 1 N–H and O–H groups in total. The Morgan fingerprint density at radius 2 is 1.64 bits per heavy atom. The van der Waals surface area contributed by atoms with Crippen LogP contribution in [0.1, 0.15) is 60.0 Å². The number of hydrogen-bond acceptors (Lipinski definition) is 3. The molecule has 4 aromatic rings. The molecule has 0 saturated heterocycles. The smallest absolute Gasteiger partial charge is 0.258 e. The van der Waals surface area contributed by atoms with Crippen molar-refractivity contribution in [3.63, 3.8) is 0 Å². The second kappa shape index (κ2) is 13.4. The van der Waals surface area contributed by atoms with Crippen molar-refractivity contribution in [3.05, 3.63) is 112 Å². The van der Waals surface area contributed by atoms with E-state index in [0.717, 1.165) is 53.3 Å². The molecular weight excluding hydrogens is 593 g/mol. The molecule has 1 fully saturated rings. The Kier molecular flexibility index (Phi) is 9.20. The average molecular weight is 629 g/mol. The average Bonchev–Trinajstić information content (AvgIpc) is 3.64. The van der Waals surface area contributed by atoms with Crippen molar-refractivity contribution < 1.29 is 14.4 Å². The molecule has 3 amide bonds. The number of nitrogens with zero attached hydrogens (tertiary/aromatic N) is 2. The summed E-state index contributed by atoms with van der Waals surface area (Å²) in [5, 5.41) is 6.04. The highest BCUT2D eigenvalue weighted by Gasteiger charge is 2.33. The van der Waals surface area contributed by atoms with Gasteiger partial charge in [0, 0.05) is 42.9 Å². The van der Waals surface area contributed by atoms with Crippen LogP contribution in [0.15, 0.2) is 84.9 Å². The fourth-order valence-electron chi connectivity index (χ4n) is 6.49. The van der Waals surface area contributed by atoms with E-state index in [-0.39, 0.29) is 36.7 Å². The lowest BCUT2D eigenvalue weighted by Crippen LogP contribution is -2.52. The van der Waals surface area contributed by atoms with Gasteiger partial charge in [-0.25, -0.2) is 0 Å². The van der Waals surface area contributed by atoms with Gasteiger partial charge < -0.3 is 15.1 Å². The van der Waals surface area contributed by atoms with Crippen molar-refractivity contribution in [1.82, 2.24) is 10.2 Å².